The molecule has 2 N–H and O–H groups in total. The van der Waals surface area contributed by atoms with Gasteiger partial charge in [0.2, 0.25) is 11.9 Å². The van der Waals surface area contributed by atoms with Crippen molar-refractivity contribution in [2.45, 2.75) is 13.3 Å². The van der Waals surface area contributed by atoms with Crippen molar-refractivity contribution in [1.82, 2.24) is 9.97 Å². The maximum Gasteiger partial charge on any atom is 0.231 e. The highest BCUT2D eigenvalue weighted by Crippen LogP contribution is 2.21. The summed E-state index contributed by atoms with van der Waals surface area (Å²) in [7, 11) is 1.53. The molecule has 6 heteroatoms. The fourth-order valence-electron chi connectivity index (χ4n) is 2.50. The quantitative estimate of drug-likeness (QED) is 0.707. The number of nitrogens with zero attached hydrogens (tertiary/aromatic N) is 1. The number of carbonyl (C=O) groups is 2. The Balaban J connectivity index is 1.78. The van der Waals surface area contributed by atoms with Crippen LogP contribution >= 0.6 is 0 Å². The monoisotopic (exact) mass is 323 g/mol. The lowest BCUT2D eigenvalue weighted by atomic mass is 10.0. The number of para-hydroxylation sites is 2. The zero-order valence-corrected chi connectivity index (χ0v) is 13.4. The van der Waals surface area contributed by atoms with Crippen molar-refractivity contribution in [2.24, 2.45) is 0 Å². The molecule has 0 aliphatic rings. The number of H-pyrrole nitrogens is 1. The lowest BCUT2D eigenvalue weighted by Crippen LogP contribution is -2.16. The number of amides is 1. The van der Waals surface area contributed by atoms with Gasteiger partial charge in [-0.2, -0.15) is 0 Å². The number of aromatic nitrogens is 2. The Morgan fingerprint density at radius 1 is 1.21 bits per heavy atom. The molecule has 0 bridgehead atoms. The number of methoxy groups -OCH3 is 1. The van der Waals surface area contributed by atoms with Crippen LogP contribution in [0.15, 0.2) is 42.5 Å². The van der Waals surface area contributed by atoms with Crippen molar-refractivity contribution in [3.05, 3.63) is 53.6 Å². The normalized spacial score (nSPS) is 10.6. The molecule has 3 rings (SSSR count). The summed E-state index contributed by atoms with van der Waals surface area (Å²) in [5.41, 5.74) is 2.83. The van der Waals surface area contributed by atoms with E-state index < -0.39 is 0 Å². The third-order valence-electron chi connectivity index (χ3n) is 3.69. The Morgan fingerprint density at radius 3 is 2.71 bits per heavy atom. The maximum atomic E-state index is 12.3. The van der Waals surface area contributed by atoms with Crippen molar-refractivity contribution >= 4 is 28.7 Å². The molecule has 6 nitrogen and oxygen atoms in total. The molecule has 1 amide bonds. The smallest absolute Gasteiger partial charge is 0.231 e. The van der Waals surface area contributed by atoms with Gasteiger partial charge >= 0.3 is 0 Å². The third kappa shape index (κ3) is 3.27. The number of benzene rings is 2. The molecule has 0 saturated heterocycles. The van der Waals surface area contributed by atoms with Gasteiger partial charge in [0.15, 0.2) is 5.78 Å². The zero-order valence-electron chi connectivity index (χ0n) is 13.4. The van der Waals surface area contributed by atoms with Crippen LogP contribution in [0.1, 0.15) is 22.8 Å². The van der Waals surface area contributed by atoms with Gasteiger partial charge in [-0.1, -0.05) is 12.1 Å². The Labute approximate surface area is 138 Å². The molecule has 2 aromatic carbocycles. The number of anilines is 1. The molecule has 1 heterocycles. The summed E-state index contributed by atoms with van der Waals surface area (Å²) in [6.45, 7) is 1.49. The van der Waals surface area contributed by atoms with Gasteiger partial charge in [0.1, 0.15) is 5.75 Å². The molecule has 0 atom stereocenters. The number of aromatic amines is 1. The fraction of sp³-hybridized carbons (Fsp3) is 0.167. The summed E-state index contributed by atoms with van der Waals surface area (Å²) < 4.78 is 5.26. The van der Waals surface area contributed by atoms with Crippen LogP contribution in [0, 0.1) is 0 Å². The molecule has 0 spiro atoms. The first-order valence-electron chi connectivity index (χ1n) is 7.49. The minimum atomic E-state index is -0.243. The van der Waals surface area contributed by atoms with E-state index in [4.69, 9.17) is 4.74 Å². The summed E-state index contributed by atoms with van der Waals surface area (Å²) in [5.74, 6) is 0.660. The molecular weight excluding hydrogens is 306 g/mol. The molecule has 0 radical (unpaired) electrons. The molecule has 0 aliphatic carbocycles. The van der Waals surface area contributed by atoms with Crippen LogP contribution in [0.4, 0.5) is 5.95 Å². The lowest BCUT2D eigenvalue weighted by molar-refractivity contribution is -0.115. The maximum absolute atomic E-state index is 12.3. The molecule has 122 valence electrons. The first kappa shape index (κ1) is 15.7. The summed E-state index contributed by atoms with van der Waals surface area (Å²) in [5, 5.41) is 2.73. The average Bonchev–Trinajstić information content (AvgIpc) is 2.96. The summed E-state index contributed by atoms with van der Waals surface area (Å²) in [6, 6.07) is 12.6. The van der Waals surface area contributed by atoms with E-state index in [1.807, 2.05) is 24.3 Å². The van der Waals surface area contributed by atoms with Crippen LogP contribution in [0.5, 0.6) is 5.75 Å². The molecule has 0 fully saturated rings. The fourth-order valence-corrected chi connectivity index (χ4v) is 2.50. The summed E-state index contributed by atoms with van der Waals surface area (Å²) in [6.07, 6.45) is 0.0847. The van der Waals surface area contributed by atoms with Gasteiger partial charge in [0.05, 0.1) is 24.6 Å². The summed E-state index contributed by atoms with van der Waals surface area (Å²) >= 11 is 0. The van der Waals surface area contributed by atoms with Crippen molar-refractivity contribution < 1.29 is 14.3 Å². The molecular formula is C18H17N3O3. The number of nitrogens with one attached hydrogen (secondary N) is 2. The minimum absolute atomic E-state index is 0.0587. The third-order valence-corrected chi connectivity index (χ3v) is 3.69. The second-order valence-electron chi connectivity index (χ2n) is 5.41. The van der Waals surface area contributed by atoms with Crippen LogP contribution in [-0.2, 0) is 11.2 Å². The standard InChI is InChI=1S/C18H17N3O3/c1-11(22)12-7-8-16(24-2)13(9-12)10-17(23)21-18-19-14-5-3-4-6-15(14)20-18/h3-9H,10H2,1-2H3,(H2,19,20,21,23). The van der Waals surface area contributed by atoms with E-state index in [-0.39, 0.29) is 18.1 Å². The topological polar surface area (TPSA) is 84.1 Å². The minimum Gasteiger partial charge on any atom is -0.496 e. The van der Waals surface area contributed by atoms with E-state index in [9.17, 15) is 9.59 Å². The predicted molar refractivity (Wildman–Crippen MR) is 91.4 cm³/mol. The molecule has 3 aromatic rings. The van der Waals surface area contributed by atoms with Gasteiger partial charge in [-0.15, -0.1) is 0 Å². The number of rotatable bonds is 5. The first-order valence-corrected chi connectivity index (χ1v) is 7.49. The Morgan fingerprint density at radius 2 is 2.00 bits per heavy atom. The van der Waals surface area contributed by atoms with Crippen molar-refractivity contribution in [3.63, 3.8) is 0 Å². The Bertz CT molecular complexity index is 882. The number of imidazole rings is 1. The number of ketones is 1. The number of hydrogen-bond acceptors (Lipinski definition) is 4. The van der Waals surface area contributed by atoms with Crippen LogP contribution < -0.4 is 10.1 Å². The second kappa shape index (κ2) is 6.54. The number of fused-ring (bicyclic) bond motifs is 1. The average molecular weight is 323 g/mol. The van der Waals surface area contributed by atoms with Crippen LogP contribution in [0.25, 0.3) is 11.0 Å². The van der Waals surface area contributed by atoms with Crippen LogP contribution in [0.2, 0.25) is 0 Å². The van der Waals surface area contributed by atoms with Gasteiger partial charge in [0.25, 0.3) is 0 Å². The molecule has 0 aliphatic heterocycles. The molecule has 1 aromatic heterocycles. The zero-order chi connectivity index (χ0) is 17.1. The SMILES string of the molecule is COc1ccc(C(C)=O)cc1CC(=O)Nc1nc2ccccc2[nH]1. The number of ether oxygens (including phenoxy) is 1. The van der Waals surface area contributed by atoms with Crippen LogP contribution in [-0.4, -0.2) is 28.8 Å². The molecule has 0 unspecified atom stereocenters. The Hall–Kier alpha value is -3.15. The van der Waals surface area contributed by atoms with Crippen molar-refractivity contribution in [3.8, 4) is 5.75 Å². The van der Waals surface area contributed by atoms with Gasteiger partial charge in [-0.25, -0.2) is 4.98 Å². The molecule has 24 heavy (non-hydrogen) atoms. The van der Waals surface area contributed by atoms with Gasteiger partial charge in [-0.3, -0.25) is 14.9 Å². The van der Waals surface area contributed by atoms with E-state index in [1.165, 1.54) is 14.0 Å². The van der Waals surface area contributed by atoms with Crippen molar-refractivity contribution in [2.75, 3.05) is 12.4 Å². The Kier molecular flexibility index (Phi) is 4.29. The van der Waals surface area contributed by atoms with E-state index in [0.717, 1.165) is 11.0 Å². The largest absolute Gasteiger partial charge is 0.496 e. The van der Waals surface area contributed by atoms with Gasteiger partial charge in [0, 0.05) is 11.1 Å². The first-order chi connectivity index (χ1) is 11.6. The summed E-state index contributed by atoms with van der Waals surface area (Å²) in [4.78, 5) is 31.2. The van der Waals surface area contributed by atoms with E-state index in [0.29, 0.717) is 22.8 Å². The van der Waals surface area contributed by atoms with Crippen molar-refractivity contribution in [1.29, 1.82) is 0 Å². The lowest BCUT2D eigenvalue weighted by Gasteiger charge is -2.09. The van der Waals surface area contributed by atoms with Gasteiger partial charge < -0.3 is 9.72 Å². The highest BCUT2D eigenvalue weighted by molar-refractivity contribution is 5.96. The molecule has 0 saturated carbocycles. The van der Waals surface area contributed by atoms with E-state index in [2.05, 4.69) is 15.3 Å². The number of Topliss-reactive ketones (excluding diaryl/α,β-unsaturated/α-hetero) is 1. The van der Waals surface area contributed by atoms with E-state index in [1.54, 1.807) is 18.2 Å². The predicted octanol–water partition coefficient (Wildman–Crippen LogP) is 2.96. The highest BCUT2D eigenvalue weighted by Gasteiger charge is 2.13. The second-order valence-corrected chi connectivity index (χ2v) is 5.41. The van der Waals surface area contributed by atoms with E-state index >= 15 is 0 Å². The van der Waals surface area contributed by atoms with Crippen LogP contribution in [0.3, 0.4) is 0 Å². The number of carbonyl (C=O) groups excluding carboxylic acids is 2. The highest BCUT2D eigenvalue weighted by atomic mass is 16.5. The number of hydrogen-bond donors (Lipinski definition) is 2. The van der Waals surface area contributed by atoms with Gasteiger partial charge in [-0.05, 0) is 37.3 Å².